The van der Waals surface area contributed by atoms with E-state index in [1.54, 1.807) is 0 Å². The maximum atomic E-state index is 6.96. The Kier molecular flexibility index (Phi) is 1.48. The van der Waals surface area contributed by atoms with Crippen LogP contribution in [0.2, 0.25) is 0 Å². The first-order valence-corrected chi connectivity index (χ1v) is 3.60. The lowest BCUT2D eigenvalue weighted by Gasteiger charge is -2.33. The predicted octanol–water partition coefficient (Wildman–Crippen LogP) is 2.48. The second kappa shape index (κ2) is 2.02. The van der Waals surface area contributed by atoms with E-state index in [9.17, 15) is 0 Å². The summed E-state index contributed by atoms with van der Waals surface area (Å²) < 4.78 is 0. The molecule has 0 aromatic carbocycles. The third-order valence-corrected chi connectivity index (χ3v) is 2.52. The third kappa shape index (κ3) is 0.830. The highest BCUT2D eigenvalue weighted by Gasteiger charge is 2.46. The van der Waals surface area contributed by atoms with Gasteiger partial charge in [0.2, 0.25) is 5.54 Å². The fraction of sp³-hybridized carbons (Fsp3) is 0.875. The highest BCUT2D eigenvalue weighted by molar-refractivity contribution is 5.06. The minimum Gasteiger partial charge on any atom is -0.310 e. The van der Waals surface area contributed by atoms with Crippen LogP contribution in [0.5, 0.6) is 0 Å². The van der Waals surface area contributed by atoms with Crippen molar-refractivity contribution < 1.29 is 0 Å². The minimum atomic E-state index is 0.0556. The van der Waals surface area contributed by atoms with E-state index in [0.717, 1.165) is 12.8 Å². The molecule has 0 aromatic rings. The molecule has 0 N–H and O–H groups in total. The second-order valence-electron chi connectivity index (χ2n) is 3.22. The second-order valence-corrected chi connectivity index (χ2v) is 3.22. The maximum absolute atomic E-state index is 6.96. The maximum Gasteiger partial charge on any atom is 0.234 e. The van der Waals surface area contributed by atoms with Crippen LogP contribution in [0.15, 0.2) is 0 Å². The Hall–Kier alpha value is -0.510. The smallest absolute Gasteiger partial charge is 0.234 e. The van der Waals surface area contributed by atoms with Gasteiger partial charge in [0.05, 0.1) is 0 Å². The topological polar surface area (TPSA) is 4.36 Å². The molecule has 0 heterocycles. The molecule has 0 amide bonds. The zero-order chi connectivity index (χ0) is 6.91. The quantitative estimate of drug-likeness (QED) is 0.472. The molecule has 0 unspecified atom stereocenters. The molecule has 1 nitrogen and oxygen atoms in total. The Labute approximate surface area is 56.9 Å². The van der Waals surface area contributed by atoms with Crippen molar-refractivity contribution >= 4 is 0 Å². The fourth-order valence-corrected chi connectivity index (χ4v) is 1.36. The molecule has 0 bridgehead atoms. The highest BCUT2D eigenvalue weighted by Crippen LogP contribution is 2.41. The molecule has 0 saturated heterocycles. The van der Waals surface area contributed by atoms with Crippen molar-refractivity contribution in [1.29, 1.82) is 0 Å². The molecule has 1 fully saturated rings. The van der Waals surface area contributed by atoms with E-state index in [-0.39, 0.29) is 5.54 Å². The van der Waals surface area contributed by atoms with E-state index >= 15 is 0 Å². The Bertz CT molecular complexity index is 137. The molecular weight excluding hydrogens is 110 g/mol. The van der Waals surface area contributed by atoms with E-state index < -0.39 is 0 Å². The Balaban J connectivity index is 2.60. The fourth-order valence-electron chi connectivity index (χ4n) is 1.36. The van der Waals surface area contributed by atoms with Crippen LogP contribution in [-0.2, 0) is 0 Å². The molecule has 50 valence electrons. The van der Waals surface area contributed by atoms with Crippen molar-refractivity contribution in [2.45, 2.75) is 38.6 Å². The summed E-state index contributed by atoms with van der Waals surface area (Å²) in [5.41, 5.74) is 0.0556. The summed E-state index contributed by atoms with van der Waals surface area (Å²) in [6, 6.07) is 0. The molecule has 1 aliphatic rings. The molecule has 0 atom stereocenters. The average Bonchev–Trinajstić information content (AvgIpc) is 1.62. The van der Waals surface area contributed by atoms with Gasteiger partial charge in [-0.15, -0.1) is 0 Å². The van der Waals surface area contributed by atoms with Crippen LogP contribution in [0, 0.1) is 12.5 Å². The van der Waals surface area contributed by atoms with Gasteiger partial charge in [-0.1, -0.05) is 13.8 Å². The van der Waals surface area contributed by atoms with Gasteiger partial charge >= 0.3 is 0 Å². The van der Waals surface area contributed by atoms with E-state index in [4.69, 9.17) is 6.57 Å². The van der Waals surface area contributed by atoms with Crippen LogP contribution in [-0.4, -0.2) is 5.54 Å². The first kappa shape index (κ1) is 6.61. The monoisotopic (exact) mass is 123 g/mol. The van der Waals surface area contributed by atoms with Crippen LogP contribution in [0.25, 0.3) is 4.85 Å². The lowest BCUT2D eigenvalue weighted by Crippen LogP contribution is -2.38. The van der Waals surface area contributed by atoms with Crippen LogP contribution >= 0.6 is 0 Å². The van der Waals surface area contributed by atoms with Gasteiger partial charge in [0.15, 0.2) is 0 Å². The van der Waals surface area contributed by atoms with Crippen molar-refractivity contribution in [3.05, 3.63) is 11.4 Å². The third-order valence-electron chi connectivity index (χ3n) is 2.52. The van der Waals surface area contributed by atoms with Crippen molar-refractivity contribution in [3.63, 3.8) is 0 Å². The van der Waals surface area contributed by atoms with Crippen LogP contribution in [0.4, 0.5) is 0 Å². The summed E-state index contributed by atoms with van der Waals surface area (Å²) in [6.45, 7) is 11.3. The van der Waals surface area contributed by atoms with E-state index in [1.165, 1.54) is 6.42 Å². The van der Waals surface area contributed by atoms with Gasteiger partial charge < -0.3 is 4.85 Å². The van der Waals surface area contributed by atoms with Gasteiger partial charge in [0.25, 0.3) is 0 Å². The van der Waals surface area contributed by atoms with Gasteiger partial charge in [-0.2, -0.15) is 0 Å². The standard InChI is InChI=1S/C8H13N/c1-7(2)8(9-3)5-4-6-8/h7H,4-6H2,1-2H3. The van der Waals surface area contributed by atoms with E-state index in [2.05, 4.69) is 18.7 Å². The molecule has 0 aliphatic heterocycles. The molecule has 1 saturated carbocycles. The van der Waals surface area contributed by atoms with Crippen LogP contribution < -0.4 is 0 Å². The number of rotatable bonds is 1. The summed E-state index contributed by atoms with van der Waals surface area (Å²) >= 11 is 0. The lowest BCUT2D eigenvalue weighted by atomic mass is 9.70. The predicted molar refractivity (Wildman–Crippen MR) is 38.0 cm³/mol. The van der Waals surface area contributed by atoms with E-state index in [1.807, 2.05) is 0 Å². The van der Waals surface area contributed by atoms with Gasteiger partial charge in [0.1, 0.15) is 0 Å². The molecule has 1 rings (SSSR count). The van der Waals surface area contributed by atoms with Crippen LogP contribution in [0.1, 0.15) is 33.1 Å². The number of nitrogens with zero attached hydrogens (tertiary/aromatic N) is 1. The van der Waals surface area contributed by atoms with E-state index in [0.29, 0.717) is 5.92 Å². The molecular formula is C8H13N. The summed E-state index contributed by atoms with van der Waals surface area (Å²) in [5, 5.41) is 0. The molecule has 1 aliphatic carbocycles. The molecule has 1 heteroatoms. The molecule has 0 spiro atoms. The van der Waals surface area contributed by atoms with Crippen LogP contribution in [0.3, 0.4) is 0 Å². The largest absolute Gasteiger partial charge is 0.310 e. The summed E-state index contributed by atoms with van der Waals surface area (Å²) in [6.07, 6.45) is 3.53. The first-order chi connectivity index (χ1) is 4.21. The zero-order valence-electron chi connectivity index (χ0n) is 6.15. The summed E-state index contributed by atoms with van der Waals surface area (Å²) in [5.74, 6) is 0.559. The minimum absolute atomic E-state index is 0.0556. The Morgan fingerprint density at radius 2 is 2.00 bits per heavy atom. The summed E-state index contributed by atoms with van der Waals surface area (Å²) in [7, 11) is 0. The van der Waals surface area contributed by atoms with Crippen molar-refractivity contribution in [1.82, 2.24) is 0 Å². The number of hydrogen-bond acceptors (Lipinski definition) is 0. The van der Waals surface area contributed by atoms with Gasteiger partial charge in [0, 0.05) is 18.8 Å². The lowest BCUT2D eigenvalue weighted by molar-refractivity contribution is 0.225. The SMILES string of the molecule is [C-]#[N+]C1(C(C)C)CCC1. The molecule has 9 heavy (non-hydrogen) atoms. The zero-order valence-corrected chi connectivity index (χ0v) is 6.15. The highest BCUT2D eigenvalue weighted by atomic mass is 14.8. The molecule has 0 aromatic heterocycles. The summed E-state index contributed by atoms with van der Waals surface area (Å²) in [4.78, 5) is 3.67. The Morgan fingerprint density at radius 1 is 1.44 bits per heavy atom. The average molecular weight is 123 g/mol. The Morgan fingerprint density at radius 3 is 2.00 bits per heavy atom. The van der Waals surface area contributed by atoms with Crippen molar-refractivity contribution in [2.24, 2.45) is 5.92 Å². The van der Waals surface area contributed by atoms with Gasteiger partial charge in [-0.25, -0.2) is 6.57 Å². The van der Waals surface area contributed by atoms with Gasteiger partial charge in [-0.05, 0) is 6.42 Å². The van der Waals surface area contributed by atoms with Gasteiger partial charge in [-0.3, -0.25) is 0 Å². The first-order valence-electron chi connectivity index (χ1n) is 3.60. The number of hydrogen-bond donors (Lipinski definition) is 0. The van der Waals surface area contributed by atoms with Crippen molar-refractivity contribution in [3.8, 4) is 0 Å². The molecule has 0 radical (unpaired) electrons. The van der Waals surface area contributed by atoms with Crippen molar-refractivity contribution in [2.75, 3.05) is 0 Å². The normalized spacial score (nSPS) is 22.9.